The molecule has 0 bridgehead atoms. The molecule has 1 saturated heterocycles. The van der Waals surface area contributed by atoms with E-state index < -0.39 is 24.8 Å². The predicted molar refractivity (Wildman–Crippen MR) is 102 cm³/mol. The maximum absolute atomic E-state index is 13.4. The second kappa shape index (κ2) is 8.09. The lowest BCUT2D eigenvalue weighted by atomic mass is 10.1. The van der Waals surface area contributed by atoms with Crippen LogP contribution in [0.15, 0.2) is 30.5 Å². The maximum atomic E-state index is 13.4. The second-order valence-electron chi connectivity index (χ2n) is 7.02. The average Bonchev–Trinajstić information content (AvgIpc) is 2.61. The summed E-state index contributed by atoms with van der Waals surface area (Å²) in [6, 6.07) is 6.36. The SMILES string of the molecule is CP(C)(=O)c1ccccc1Oc1nc(NC2CCCNC2)ncc1C(F)(F)F. The van der Waals surface area contributed by atoms with Gasteiger partial charge in [0, 0.05) is 18.8 Å². The van der Waals surface area contributed by atoms with Crippen LogP contribution in [0, 0.1) is 0 Å². The molecule has 3 rings (SSSR count). The molecule has 0 radical (unpaired) electrons. The molecule has 0 saturated carbocycles. The summed E-state index contributed by atoms with van der Waals surface area (Å²) in [6.07, 6.45) is -2.15. The molecule has 28 heavy (non-hydrogen) atoms. The number of nitrogens with zero attached hydrogens (tertiary/aromatic N) is 2. The third-order valence-electron chi connectivity index (χ3n) is 4.34. The normalized spacial score (nSPS) is 18.0. The Morgan fingerprint density at radius 2 is 2.04 bits per heavy atom. The highest BCUT2D eigenvalue weighted by molar-refractivity contribution is 7.70. The van der Waals surface area contributed by atoms with E-state index in [9.17, 15) is 17.7 Å². The standard InChI is InChI=1S/C18H22F3N4O2P/c1-28(2,26)15-8-4-3-7-14(15)27-16-13(18(19,20)21)11-23-17(25-16)24-12-6-5-9-22-10-12/h3-4,7-8,11-12,22H,5-6,9-10H2,1-2H3,(H,23,24,25). The Morgan fingerprint density at radius 3 is 2.68 bits per heavy atom. The van der Waals surface area contributed by atoms with Crippen molar-refractivity contribution in [2.75, 3.05) is 31.7 Å². The maximum Gasteiger partial charge on any atom is 0.423 e. The Kier molecular flexibility index (Phi) is 5.95. The molecule has 1 aliphatic rings. The van der Waals surface area contributed by atoms with Crippen molar-refractivity contribution in [3.05, 3.63) is 36.0 Å². The number of para-hydroxylation sites is 1. The number of aromatic nitrogens is 2. The van der Waals surface area contributed by atoms with Crippen molar-refractivity contribution in [2.45, 2.75) is 25.1 Å². The van der Waals surface area contributed by atoms with Gasteiger partial charge in [-0.05, 0) is 44.8 Å². The minimum Gasteiger partial charge on any atom is -0.437 e. The van der Waals surface area contributed by atoms with Crippen LogP contribution in [0.3, 0.4) is 0 Å². The summed E-state index contributed by atoms with van der Waals surface area (Å²) in [6.45, 7) is 4.65. The summed E-state index contributed by atoms with van der Waals surface area (Å²) in [7, 11) is -2.76. The van der Waals surface area contributed by atoms with E-state index in [0.717, 1.165) is 19.4 Å². The number of alkyl halides is 3. The molecule has 6 nitrogen and oxygen atoms in total. The van der Waals surface area contributed by atoms with Crippen molar-refractivity contribution in [1.82, 2.24) is 15.3 Å². The van der Waals surface area contributed by atoms with Gasteiger partial charge in [-0.1, -0.05) is 12.1 Å². The van der Waals surface area contributed by atoms with Crippen molar-refractivity contribution in [1.29, 1.82) is 0 Å². The summed E-state index contributed by atoms with van der Waals surface area (Å²) in [5, 5.41) is 6.61. The number of benzene rings is 1. The van der Waals surface area contributed by atoms with Crippen LogP contribution in [0.1, 0.15) is 18.4 Å². The molecule has 1 aliphatic heterocycles. The predicted octanol–water partition coefficient (Wildman–Crippen LogP) is 3.70. The van der Waals surface area contributed by atoms with Crippen LogP contribution in [0.2, 0.25) is 0 Å². The number of piperidine rings is 1. The summed E-state index contributed by atoms with van der Waals surface area (Å²) in [5.74, 6) is -0.467. The van der Waals surface area contributed by atoms with E-state index in [1.54, 1.807) is 18.2 Å². The van der Waals surface area contributed by atoms with Crippen LogP contribution in [0.5, 0.6) is 11.6 Å². The van der Waals surface area contributed by atoms with E-state index in [1.807, 2.05) is 0 Å². The number of hydrogen-bond acceptors (Lipinski definition) is 6. The highest BCUT2D eigenvalue weighted by Gasteiger charge is 2.37. The molecule has 152 valence electrons. The lowest BCUT2D eigenvalue weighted by molar-refractivity contribution is -0.139. The highest BCUT2D eigenvalue weighted by atomic mass is 31.2. The van der Waals surface area contributed by atoms with Crippen LogP contribution in [0.25, 0.3) is 0 Å². The van der Waals surface area contributed by atoms with Gasteiger partial charge in [-0.15, -0.1) is 0 Å². The number of halogens is 3. The molecule has 1 unspecified atom stereocenters. The number of rotatable bonds is 5. The van der Waals surface area contributed by atoms with E-state index in [0.29, 0.717) is 18.0 Å². The number of nitrogens with one attached hydrogen (secondary N) is 2. The number of anilines is 1. The zero-order valence-electron chi connectivity index (χ0n) is 15.6. The van der Waals surface area contributed by atoms with E-state index in [-0.39, 0.29) is 17.7 Å². The molecule has 2 heterocycles. The van der Waals surface area contributed by atoms with Crippen molar-refractivity contribution in [3.8, 4) is 11.6 Å². The number of ether oxygens (including phenoxy) is 1. The minimum atomic E-state index is -4.68. The van der Waals surface area contributed by atoms with Crippen LogP contribution in [-0.4, -0.2) is 42.4 Å². The Labute approximate surface area is 161 Å². The molecular weight excluding hydrogens is 392 g/mol. The zero-order chi connectivity index (χ0) is 20.4. The molecule has 1 fully saturated rings. The van der Waals surface area contributed by atoms with Crippen LogP contribution >= 0.6 is 7.14 Å². The highest BCUT2D eigenvalue weighted by Crippen LogP contribution is 2.41. The van der Waals surface area contributed by atoms with E-state index in [4.69, 9.17) is 4.74 Å². The van der Waals surface area contributed by atoms with Gasteiger partial charge in [0.05, 0.1) is 5.30 Å². The zero-order valence-corrected chi connectivity index (χ0v) is 16.5. The van der Waals surface area contributed by atoms with Crippen molar-refractivity contribution < 1.29 is 22.5 Å². The Hall–Kier alpha value is -2.12. The molecule has 0 amide bonds. The van der Waals surface area contributed by atoms with Crippen molar-refractivity contribution in [3.63, 3.8) is 0 Å². The van der Waals surface area contributed by atoms with E-state index >= 15 is 0 Å². The Morgan fingerprint density at radius 1 is 1.29 bits per heavy atom. The second-order valence-corrected chi connectivity index (χ2v) is 10.2. The molecule has 0 spiro atoms. The van der Waals surface area contributed by atoms with Gasteiger partial charge in [0.2, 0.25) is 11.8 Å². The van der Waals surface area contributed by atoms with Crippen LogP contribution < -0.4 is 20.7 Å². The summed E-state index contributed by atoms with van der Waals surface area (Å²) >= 11 is 0. The molecule has 1 aromatic carbocycles. The fourth-order valence-corrected chi connectivity index (χ4v) is 4.05. The van der Waals surface area contributed by atoms with Gasteiger partial charge in [-0.25, -0.2) is 4.98 Å². The molecule has 1 aromatic heterocycles. The summed E-state index contributed by atoms with van der Waals surface area (Å²) < 4.78 is 58.3. The average molecular weight is 414 g/mol. The van der Waals surface area contributed by atoms with E-state index in [2.05, 4.69) is 20.6 Å². The molecule has 2 aromatic rings. The van der Waals surface area contributed by atoms with Gasteiger partial charge in [-0.3, -0.25) is 0 Å². The van der Waals surface area contributed by atoms with Gasteiger partial charge in [0.25, 0.3) is 0 Å². The fraction of sp³-hybridized carbons (Fsp3) is 0.444. The lowest BCUT2D eigenvalue weighted by Gasteiger charge is -2.24. The lowest BCUT2D eigenvalue weighted by Crippen LogP contribution is -2.38. The monoisotopic (exact) mass is 414 g/mol. The summed E-state index contributed by atoms with van der Waals surface area (Å²) in [5.41, 5.74) is -1.09. The third kappa shape index (κ3) is 5.02. The van der Waals surface area contributed by atoms with Gasteiger partial charge in [0.15, 0.2) is 0 Å². The van der Waals surface area contributed by atoms with Gasteiger partial charge < -0.3 is 19.9 Å². The molecule has 0 aliphatic carbocycles. The number of hydrogen-bond donors (Lipinski definition) is 2. The molecule has 2 N–H and O–H groups in total. The Balaban J connectivity index is 1.96. The van der Waals surface area contributed by atoms with Crippen molar-refractivity contribution in [2.24, 2.45) is 0 Å². The van der Waals surface area contributed by atoms with Crippen molar-refractivity contribution >= 4 is 18.4 Å². The first-order valence-electron chi connectivity index (χ1n) is 8.88. The van der Waals surface area contributed by atoms with E-state index in [1.165, 1.54) is 19.4 Å². The summed E-state index contributed by atoms with van der Waals surface area (Å²) in [4.78, 5) is 7.78. The molecule has 1 atom stereocenters. The largest absolute Gasteiger partial charge is 0.437 e. The smallest absolute Gasteiger partial charge is 0.423 e. The first-order chi connectivity index (χ1) is 13.1. The molecular formula is C18H22F3N4O2P. The third-order valence-corrected chi connectivity index (χ3v) is 5.87. The van der Waals surface area contributed by atoms with Gasteiger partial charge in [-0.2, -0.15) is 18.2 Å². The first-order valence-corrected chi connectivity index (χ1v) is 11.5. The van der Waals surface area contributed by atoms with Gasteiger partial charge >= 0.3 is 6.18 Å². The van der Waals surface area contributed by atoms with Gasteiger partial charge in [0.1, 0.15) is 18.5 Å². The fourth-order valence-electron chi connectivity index (χ4n) is 2.96. The van der Waals surface area contributed by atoms with Crippen LogP contribution in [0.4, 0.5) is 19.1 Å². The topological polar surface area (TPSA) is 76.1 Å². The first kappa shape index (κ1) is 20.6. The minimum absolute atomic E-state index is 0.0251. The Bertz CT molecular complexity index is 879. The quantitative estimate of drug-likeness (QED) is 0.727. The van der Waals surface area contributed by atoms with Crippen LogP contribution in [-0.2, 0) is 10.7 Å². The molecule has 10 heteroatoms.